The molecular weight excluding hydrogens is 390 g/mol. The topological polar surface area (TPSA) is 58.6 Å². The minimum atomic E-state index is -0.871. The fourth-order valence-corrected chi connectivity index (χ4v) is 5.33. The molecule has 0 saturated carbocycles. The maximum Gasteiger partial charge on any atom is 0.304 e. The monoisotopic (exact) mass is 405 g/mol. The molecule has 4 nitrogen and oxygen atoms in total. The molecule has 0 unspecified atom stereocenters. The SMILES string of the molecule is O=C(O)C[C@@H]1S[C@@H](c2cccc3c2OCC3)c2cc(Cl)ccc2NC1=S. The van der Waals surface area contributed by atoms with Gasteiger partial charge in [0.25, 0.3) is 0 Å². The number of carbonyl (C=O) groups is 1. The number of hydrogen-bond donors (Lipinski definition) is 2. The van der Waals surface area contributed by atoms with Gasteiger partial charge in [0.05, 0.1) is 28.5 Å². The first-order chi connectivity index (χ1) is 12.5. The Morgan fingerprint density at radius 2 is 2.19 bits per heavy atom. The molecule has 2 atom stereocenters. The third kappa shape index (κ3) is 3.29. The number of thiocarbonyl (C=S) groups is 1. The van der Waals surface area contributed by atoms with Crippen molar-refractivity contribution in [2.75, 3.05) is 11.9 Å². The third-order valence-corrected chi connectivity index (χ3v) is 6.82. The molecule has 2 heterocycles. The van der Waals surface area contributed by atoms with Gasteiger partial charge in [0.1, 0.15) is 5.75 Å². The van der Waals surface area contributed by atoms with Crippen LogP contribution in [0.3, 0.4) is 0 Å². The van der Waals surface area contributed by atoms with E-state index in [-0.39, 0.29) is 16.9 Å². The summed E-state index contributed by atoms with van der Waals surface area (Å²) in [6, 6.07) is 11.8. The molecular formula is C19H16ClNO3S2. The maximum atomic E-state index is 11.3. The summed E-state index contributed by atoms with van der Waals surface area (Å²) in [4.78, 5) is 11.9. The van der Waals surface area contributed by atoms with Gasteiger partial charge in [0, 0.05) is 22.7 Å². The van der Waals surface area contributed by atoms with Crippen LogP contribution in [0.15, 0.2) is 36.4 Å². The van der Waals surface area contributed by atoms with Crippen molar-refractivity contribution in [3.05, 3.63) is 58.1 Å². The summed E-state index contributed by atoms with van der Waals surface area (Å²) in [6.07, 6.45) is 0.850. The van der Waals surface area contributed by atoms with Gasteiger partial charge in [0.15, 0.2) is 0 Å². The van der Waals surface area contributed by atoms with Crippen molar-refractivity contribution >= 4 is 52.2 Å². The van der Waals surface area contributed by atoms with E-state index in [4.69, 9.17) is 28.6 Å². The minimum Gasteiger partial charge on any atom is -0.493 e. The van der Waals surface area contributed by atoms with E-state index >= 15 is 0 Å². The average molecular weight is 406 g/mol. The first kappa shape index (κ1) is 17.6. The lowest BCUT2D eigenvalue weighted by Gasteiger charge is -2.22. The van der Waals surface area contributed by atoms with E-state index < -0.39 is 5.97 Å². The highest BCUT2D eigenvalue weighted by molar-refractivity contribution is 8.02. The summed E-state index contributed by atoms with van der Waals surface area (Å²) < 4.78 is 5.90. The molecule has 2 aliphatic heterocycles. The summed E-state index contributed by atoms with van der Waals surface area (Å²) in [5.74, 6) is 0.0294. The number of fused-ring (bicyclic) bond motifs is 2. The summed E-state index contributed by atoms with van der Waals surface area (Å²) in [6.45, 7) is 0.668. The molecule has 0 spiro atoms. The van der Waals surface area contributed by atoms with Crippen LogP contribution >= 0.6 is 35.6 Å². The second kappa shape index (κ2) is 7.10. The van der Waals surface area contributed by atoms with Crippen LogP contribution in [0.4, 0.5) is 5.69 Å². The Balaban J connectivity index is 1.85. The number of carboxylic acid groups (broad SMARTS) is 1. The molecule has 0 aromatic heterocycles. The number of benzene rings is 2. The Hall–Kier alpha value is -1.76. The second-order valence-electron chi connectivity index (χ2n) is 6.26. The van der Waals surface area contributed by atoms with Crippen molar-refractivity contribution in [3.63, 3.8) is 0 Å². The van der Waals surface area contributed by atoms with E-state index in [1.165, 1.54) is 17.3 Å². The van der Waals surface area contributed by atoms with Crippen LogP contribution in [-0.2, 0) is 11.2 Å². The zero-order valence-electron chi connectivity index (χ0n) is 13.7. The molecule has 0 bridgehead atoms. The average Bonchev–Trinajstić information content (AvgIpc) is 3.04. The molecule has 2 aromatic rings. The zero-order chi connectivity index (χ0) is 18.3. The van der Waals surface area contributed by atoms with E-state index in [9.17, 15) is 9.90 Å². The molecule has 0 saturated heterocycles. The van der Waals surface area contributed by atoms with Gasteiger partial charge in [0.2, 0.25) is 0 Å². The fraction of sp³-hybridized carbons (Fsp3) is 0.263. The van der Waals surface area contributed by atoms with Crippen molar-refractivity contribution in [3.8, 4) is 5.75 Å². The van der Waals surface area contributed by atoms with Crippen molar-refractivity contribution in [2.24, 2.45) is 0 Å². The second-order valence-corrected chi connectivity index (χ2v) is 8.45. The van der Waals surface area contributed by atoms with Gasteiger partial charge in [-0.3, -0.25) is 4.79 Å². The quantitative estimate of drug-likeness (QED) is 0.722. The highest BCUT2D eigenvalue weighted by Gasteiger charge is 2.33. The van der Waals surface area contributed by atoms with Crippen molar-refractivity contribution in [1.82, 2.24) is 0 Å². The molecule has 0 radical (unpaired) electrons. The molecule has 7 heteroatoms. The number of nitrogens with one attached hydrogen (secondary N) is 1. The summed E-state index contributed by atoms with van der Waals surface area (Å²) >= 11 is 13.3. The number of carboxylic acids is 1. The van der Waals surface area contributed by atoms with Gasteiger partial charge < -0.3 is 15.2 Å². The van der Waals surface area contributed by atoms with Gasteiger partial charge in [-0.1, -0.05) is 42.0 Å². The summed E-state index contributed by atoms with van der Waals surface area (Å²) in [7, 11) is 0. The Morgan fingerprint density at radius 3 is 3.00 bits per heavy atom. The predicted molar refractivity (Wildman–Crippen MR) is 109 cm³/mol. The van der Waals surface area contributed by atoms with E-state index in [1.54, 1.807) is 6.07 Å². The highest BCUT2D eigenvalue weighted by atomic mass is 35.5. The largest absolute Gasteiger partial charge is 0.493 e. The lowest BCUT2D eigenvalue weighted by atomic mass is 9.99. The van der Waals surface area contributed by atoms with Gasteiger partial charge in [-0.2, -0.15) is 0 Å². The highest BCUT2D eigenvalue weighted by Crippen LogP contribution is 2.49. The van der Waals surface area contributed by atoms with Gasteiger partial charge in [-0.15, -0.1) is 11.8 Å². The normalized spacial score (nSPS) is 21.2. The number of ether oxygens (including phenoxy) is 1. The van der Waals surface area contributed by atoms with Crippen LogP contribution in [0.5, 0.6) is 5.75 Å². The Morgan fingerprint density at radius 1 is 1.35 bits per heavy atom. The number of aliphatic carboxylic acids is 1. The first-order valence-corrected chi connectivity index (χ1v) is 9.98. The Bertz CT molecular complexity index is 902. The van der Waals surface area contributed by atoms with E-state index in [0.717, 1.165) is 29.0 Å². The Kier molecular flexibility index (Phi) is 4.82. The smallest absolute Gasteiger partial charge is 0.304 e. The molecule has 26 heavy (non-hydrogen) atoms. The van der Waals surface area contributed by atoms with E-state index in [0.29, 0.717) is 16.6 Å². The predicted octanol–water partition coefficient (Wildman–Crippen LogP) is 4.69. The van der Waals surface area contributed by atoms with Crippen molar-refractivity contribution < 1.29 is 14.6 Å². The third-order valence-electron chi connectivity index (χ3n) is 4.53. The molecule has 2 aliphatic rings. The summed E-state index contributed by atoms with van der Waals surface area (Å²) in [5.41, 5.74) is 4.07. The van der Waals surface area contributed by atoms with E-state index in [1.807, 2.05) is 24.3 Å². The molecule has 0 amide bonds. The van der Waals surface area contributed by atoms with Crippen LogP contribution in [-0.4, -0.2) is 27.9 Å². The van der Waals surface area contributed by atoms with Gasteiger partial charge in [-0.05, 0) is 29.3 Å². The molecule has 2 N–H and O–H groups in total. The lowest BCUT2D eigenvalue weighted by Crippen LogP contribution is -2.24. The van der Waals surface area contributed by atoms with Crippen molar-refractivity contribution in [1.29, 1.82) is 0 Å². The zero-order valence-corrected chi connectivity index (χ0v) is 16.1. The van der Waals surface area contributed by atoms with Crippen LogP contribution in [0, 0.1) is 0 Å². The molecule has 2 aromatic carbocycles. The lowest BCUT2D eigenvalue weighted by molar-refractivity contribution is -0.136. The number of para-hydroxylation sites is 1. The number of anilines is 1. The van der Waals surface area contributed by atoms with Gasteiger partial charge in [-0.25, -0.2) is 0 Å². The van der Waals surface area contributed by atoms with E-state index in [2.05, 4.69) is 11.4 Å². The number of thioether (sulfide) groups is 1. The summed E-state index contributed by atoms with van der Waals surface area (Å²) in [5, 5.41) is 12.7. The molecule has 4 rings (SSSR count). The number of hydrogen-bond acceptors (Lipinski definition) is 4. The standard InChI is InChI=1S/C19H16ClNO3S2/c20-11-4-5-14-13(8-11)18(26-15(9-16(22)23)19(25)21-14)12-3-1-2-10-6-7-24-17(10)12/h1-5,8,15,18H,6-7,9H2,(H,21,25)(H,22,23)/t15-,18-/m0/s1. The minimum absolute atomic E-state index is 0.0371. The molecule has 134 valence electrons. The van der Waals surface area contributed by atoms with Crippen LogP contribution in [0.2, 0.25) is 5.02 Å². The maximum absolute atomic E-state index is 11.3. The number of rotatable bonds is 3. The van der Waals surface area contributed by atoms with Crippen LogP contribution in [0.25, 0.3) is 0 Å². The van der Waals surface area contributed by atoms with Gasteiger partial charge >= 0.3 is 5.97 Å². The molecule has 0 aliphatic carbocycles. The Labute approximate surface area is 165 Å². The van der Waals surface area contributed by atoms with Crippen molar-refractivity contribution in [2.45, 2.75) is 23.3 Å². The molecule has 0 fully saturated rings. The number of halogens is 1. The first-order valence-electron chi connectivity index (χ1n) is 8.25. The van der Waals surface area contributed by atoms with Crippen LogP contribution < -0.4 is 10.1 Å². The fourth-order valence-electron chi connectivity index (χ4n) is 3.36. The van der Waals surface area contributed by atoms with Crippen LogP contribution in [0.1, 0.15) is 28.4 Å².